The van der Waals surface area contributed by atoms with Crippen LogP contribution in [0.1, 0.15) is 42.9 Å². The van der Waals surface area contributed by atoms with E-state index in [0.29, 0.717) is 6.42 Å². The third kappa shape index (κ3) is 1.74. The molecule has 16 heavy (non-hydrogen) atoms. The van der Waals surface area contributed by atoms with Crippen LogP contribution in [0.15, 0.2) is 18.2 Å². The second kappa shape index (κ2) is 3.83. The number of fused-ring (bicyclic) bond motifs is 1. The van der Waals surface area contributed by atoms with Gasteiger partial charge >= 0.3 is 0 Å². The van der Waals surface area contributed by atoms with Gasteiger partial charge in [0.25, 0.3) is 5.92 Å². The van der Waals surface area contributed by atoms with E-state index in [1.54, 1.807) is 0 Å². The Morgan fingerprint density at radius 3 is 2.62 bits per heavy atom. The average Bonchev–Trinajstić information content (AvgIpc) is 2.17. The van der Waals surface area contributed by atoms with E-state index in [-0.39, 0.29) is 12.3 Å². The van der Waals surface area contributed by atoms with Crippen LogP contribution in [0.4, 0.5) is 8.78 Å². The molecule has 2 rings (SSSR count). The van der Waals surface area contributed by atoms with Crippen molar-refractivity contribution in [2.75, 3.05) is 0 Å². The van der Waals surface area contributed by atoms with E-state index in [2.05, 4.69) is 0 Å². The van der Waals surface area contributed by atoms with Crippen LogP contribution in [-0.4, -0.2) is 5.92 Å². The SMILES string of the molecule is Cc1cccc2c1C(C(C)C)C(F)(F)CC2. The second-order valence-electron chi connectivity index (χ2n) is 5.13. The molecule has 0 aliphatic heterocycles. The maximum atomic E-state index is 14.0. The van der Waals surface area contributed by atoms with E-state index in [1.165, 1.54) is 0 Å². The molecule has 0 heterocycles. The zero-order chi connectivity index (χ0) is 11.9. The molecule has 88 valence electrons. The fourth-order valence-electron chi connectivity index (χ4n) is 2.89. The van der Waals surface area contributed by atoms with Crippen LogP contribution in [0.5, 0.6) is 0 Å². The molecule has 0 radical (unpaired) electrons. The average molecular weight is 224 g/mol. The molecule has 1 aliphatic carbocycles. The quantitative estimate of drug-likeness (QED) is 0.666. The molecular formula is C14H18F2. The first kappa shape index (κ1) is 11.6. The summed E-state index contributed by atoms with van der Waals surface area (Å²) in [4.78, 5) is 0. The number of hydrogen-bond donors (Lipinski definition) is 0. The lowest BCUT2D eigenvalue weighted by molar-refractivity contribution is -0.0551. The first-order chi connectivity index (χ1) is 7.43. The van der Waals surface area contributed by atoms with Crippen molar-refractivity contribution in [2.45, 2.75) is 45.5 Å². The van der Waals surface area contributed by atoms with Crippen molar-refractivity contribution >= 4 is 0 Å². The van der Waals surface area contributed by atoms with Crippen molar-refractivity contribution in [1.82, 2.24) is 0 Å². The molecule has 0 bridgehead atoms. The third-order valence-corrected chi connectivity index (χ3v) is 3.57. The maximum Gasteiger partial charge on any atom is 0.255 e. The van der Waals surface area contributed by atoms with E-state index >= 15 is 0 Å². The van der Waals surface area contributed by atoms with Crippen LogP contribution in [0.2, 0.25) is 0 Å². The summed E-state index contributed by atoms with van der Waals surface area (Å²) < 4.78 is 28.0. The summed E-state index contributed by atoms with van der Waals surface area (Å²) >= 11 is 0. The van der Waals surface area contributed by atoms with E-state index in [4.69, 9.17) is 0 Å². The number of rotatable bonds is 1. The first-order valence-corrected chi connectivity index (χ1v) is 5.89. The van der Waals surface area contributed by atoms with Crippen LogP contribution < -0.4 is 0 Å². The van der Waals surface area contributed by atoms with E-state index in [0.717, 1.165) is 16.7 Å². The van der Waals surface area contributed by atoms with Crippen LogP contribution in [0, 0.1) is 12.8 Å². The highest BCUT2D eigenvalue weighted by Gasteiger charge is 2.46. The largest absolute Gasteiger partial charge is 0.255 e. The predicted molar refractivity (Wildman–Crippen MR) is 62.0 cm³/mol. The van der Waals surface area contributed by atoms with Crippen molar-refractivity contribution in [2.24, 2.45) is 5.92 Å². The van der Waals surface area contributed by atoms with Crippen molar-refractivity contribution in [1.29, 1.82) is 0 Å². The molecule has 1 aromatic carbocycles. The van der Waals surface area contributed by atoms with Crippen molar-refractivity contribution in [3.63, 3.8) is 0 Å². The van der Waals surface area contributed by atoms with E-state index < -0.39 is 11.8 Å². The standard InChI is InChI=1S/C14H18F2/c1-9(2)13-12-10(3)5-4-6-11(12)7-8-14(13,15)16/h4-6,9,13H,7-8H2,1-3H3. The van der Waals surface area contributed by atoms with Crippen LogP contribution in [0.25, 0.3) is 0 Å². The van der Waals surface area contributed by atoms with Gasteiger partial charge in [0.15, 0.2) is 0 Å². The number of aryl methyl sites for hydroxylation is 2. The molecule has 0 N–H and O–H groups in total. The minimum Gasteiger partial charge on any atom is -0.206 e. The van der Waals surface area contributed by atoms with Crippen molar-refractivity contribution < 1.29 is 8.78 Å². The fraction of sp³-hybridized carbons (Fsp3) is 0.571. The lowest BCUT2D eigenvalue weighted by atomic mass is 9.73. The van der Waals surface area contributed by atoms with Crippen molar-refractivity contribution in [3.05, 3.63) is 34.9 Å². The first-order valence-electron chi connectivity index (χ1n) is 5.89. The summed E-state index contributed by atoms with van der Waals surface area (Å²) in [5.41, 5.74) is 3.02. The topological polar surface area (TPSA) is 0 Å². The second-order valence-corrected chi connectivity index (χ2v) is 5.13. The Labute approximate surface area is 95.7 Å². The molecule has 1 aliphatic rings. The molecular weight excluding hydrogens is 206 g/mol. The van der Waals surface area contributed by atoms with Gasteiger partial charge in [-0.05, 0) is 36.0 Å². The van der Waals surface area contributed by atoms with Crippen molar-refractivity contribution in [3.8, 4) is 0 Å². The summed E-state index contributed by atoms with van der Waals surface area (Å²) in [6.07, 6.45) is 0.500. The number of alkyl halides is 2. The summed E-state index contributed by atoms with van der Waals surface area (Å²) in [5, 5.41) is 0. The Balaban J connectivity index is 2.57. The Hall–Kier alpha value is -0.920. The summed E-state index contributed by atoms with van der Waals surface area (Å²) in [5.74, 6) is -3.18. The third-order valence-electron chi connectivity index (χ3n) is 3.57. The molecule has 0 nitrogen and oxygen atoms in total. The lowest BCUT2D eigenvalue weighted by Gasteiger charge is -2.37. The van der Waals surface area contributed by atoms with Gasteiger partial charge < -0.3 is 0 Å². The smallest absolute Gasteiger partial charge is 0.206 e. The van der Waals surface area contributed by atoms with Gasteiger partial charge in [0.2, 0.25) is 0 Å². The number of hydrogen-bond acceptors (Lipinski definition) is 0. The van der Waals surface area contributed by atoms with Crippen LogP contribution in [0.3, 0.4) is 0 Å². The summed E-state index contributed by atoms with van der Waals surface area (Å²) in [7, 11) is 0. The Morgan fingerprint density at radius 1 is 1.31 bits per heavy atom. The highest BCUT2D eigenvalue weighted by atomic mass is 19.3. The number of benzene rings is 1. The molecule has 0 aromatic heterocycles. The molecule has 1 unspecified atom stereocenters. The minimum atomic E-state index is -2.55. The monoisotopic (exact) mass is 224 g/mol. The maximum absolute atomic E-state index is 14.0. The summed E-state index contributed by atoms with van der Waals surface area (Å²) in [6, 6.07) is 5.90. The molecule has 0 fully saturated rings. The van der Waals surface area contributed by atoms with Gasteiger partial charge in [0.1, 0.15) is 0 Å². The Kier molecular flexibility index (Phi) is 2.77. The zero-order valence-corrected chi connectivity index (χ0v) is 10.1. The van der Waals surface area contributed by atoms with Gasteiger partial charge in [-0.3, -0.25) is 0 Å². The van der Waals surface area contributed by atoms with Gasteiger partial charge in [-0.2, -0.15) is 0 Å². The Morgan fingerprint density at radius 2 is 2.00 bits per heavy atom. The minimum absolute atomic E-state index is 0.00764. The highest BCUT2D eigenvalue weighted by Crippen LogP contribution is 2.47. The van der Waals surface area contributed by atoms with Gasteiger partial charge in [0, 0.05) is 6.42 Å². The number of halogens is 2. The molecule has 0 saturated heterocycles. The summed E-state index contributed by atoms with van der Waals surface area (Å²) in [6.45, 7) is 5.72. The molecule has 0 spiro atoms. The van der Waals surface area contributed by atoms with E-state index in [9.17, 15) is 8.78 Å². The highest BCUT2D eigenvalue weighted by molar-refractivity contribution is 5.41. The molecule has 0 saturated carbocycles. The normalized spacial score (nSPS) is 23.2. The van der Waals surface area contributed by atoms with Crippen LogP contribution >= 0.6 is 0 Å². The van der Waals surface area contributed by atoms with Crippen LogP contribution in [-0.2, 0) is 6.42 Å². The lowest BCUT2D eigenvalue weighted by Crippen LogP contribution is -2.35. The van der Waals surface area contributed by atoms with Gasteiger partial charge in [-0.15, -0.1) is 0 Å². The molecule has 2 heteroatoms. The van der Waals surface area contributed by atoms with E-state index in [1.807, 2.05) is 39.0 Å². The van der Waals surface area contributed by atoms with Gasteiger partial charge in [-0.25, -0.2) is 8.78 Å². The van der Waals surface area contributed by atoms with Gasteiger partial charge in [0.05, 0.1) is 5.92 Å². The zero-order valence-electron chi connectivity index (χ0n) is 10.1. The molecule has 0 amide bonds. The predicted octanol–water partition coefficient (Wildman–Crippen LogP) is 4.32. The van der Waals surface area contributed by atoms with Gasteiger partial charge in [-0.1, -0.05) is 32.0 Å². The molecule has 1 atom stereocenters. The molecule has 1 aromatic rings. The Bertz CT molecular complexity index is 394. The fourth-order valence-corrected chi connectivity index (χ4v) is 2.89.